The van der Waals surface area contributed by atoms with Crippen LogP contribution >= 0.6 is 46.4 Å². The first-order valence-corrected chi connectivity index (χ1v) is 17.9. The lowest BCUT2D eigenvalue weighted by Gasteiger charge is -2.43. The summed E-state index contributed by atoms with van der Waals surface area (Å²) in [7, 11) is -4.00. The molecule has 0 saturated carbocycles. The zero-order valence-corrected chi connectivity index (χ0v) is 29.8. The fourth-order valence-corrected chi connectivity index (χ4v) is 6.83. The van der Waals surface area contributed by atoms with E-state index in [1.807, 2.05) is 32.9 Å². The standard InChI is InChI=1S/C15H19Cl2N3O2.C10H11Cl2N3.C6H6O3S/c1-15(2,3)22-14(21)20-7-9-6-19(8-12(9)20)10-4-11(16)13(17)18-5-10;11-8-1-7(3-14-10(8)12)15-4-6-2-13-9(6)5-15;7-10(8,9)6-4-2-1-3-5-6/h4-5,9,12H,6-8H2,1-3H3;1,3,6,9,13H,2,4-5H2;1-5H,(H,7,8,9)/t9-,12-;6-,9+;/m10./s1. The first-order chi connectivity index (χ1) is 22.1. The van der Waals surface area contributed by atoms with Gasteiger partial charge in [0.2, 0.25) is 0 Å². The van der Waals surface area contributed by atoms with Crippen LogP contribution in [0.25, 0.3) is 0 Å². The Morgan fingerprint density at radius 1 is 0.872 bits per heavy atom. The number of aromatic nitrogens is 2. The van der Waals surface area contributed by atoms with Crippen molar-refractivity contribution in [1.29, 1.82) is 0 Å². The number of fused-ring (bicyclic) bond motifs is 2. The largest absolute Gasteiger partial charge is 0.444 e. The van der Waals surface area contributed by atoms with Gasteiger partial charge in [-0.2, -0.15) is 8.42 Å². The maximum atomic E-state index is 12.2. The van der Waals surface area contributed by atoms with Crippen LogP contribution in [0.5, 0.6) is 0 Å². The van der Waals surface area contributed by atoms with Gasteiger partial charge in [-0.3, -0.25) is 4.55 Å². The smallest absolute Gasteiger partial charge is 0.410 e. The van der Waals surface area contributed by atoms with Crippen LogP contribution in [-0.4, -0.2) is 90.9 Å². The van der Waals surface area contributed by atoms with E-state index in [0.29, 0.717) is 32.3 Å². The number of carbonyl (C=O) groups is 1. The van der Waals surface area contributed by atoms with Gasteiger partial charge in [-0.15, -0.1) is 0 Å². The number of rotatable bonds is 3. The summed E-state index contributed by atoms with van der Waals surface area (Å²) in [6, 6.07) is 12.0. The van der Waals surface area contributed by atoms with E-state index < -0.39 is 15.7 Å². The van der Waals surface area contributed by atoms with Gasteiger partial charge in [0.15, 0.2) is 0 Å². The number of nitrogens with one attached hydrogen (secondary N) is 1. The highest BCUT2D eigenvalue weighted by atomic mass is 35.5. The minimum absolute atomic E-state index is 0.0741. The first-order valence-electron chi connectivity index (χ1n) is 15.0. The number of benzene rings is 1. The quantitative estimate of drug-likeness (QED) is 0.237. The third-order valence-corrected chi connectivity index (χ3v) is 10.5. The second-order valence-corrected chi connectivity index (χ2v) is 15.7. The number of halogens is 4. The van der Waals surface area contributed by atoms with Crippen LogP contribution < -0.4 is 15.1 Å². The Kier molecular flexibility index (Phi) is 11.0. The minimum Gasteiger partial charge on any atom is -0.444 e. The van der Waals surface area contributed by atoms with E-state index >= 15 is 0 Å². The number of hydrogen-bond donors (Lipinski definition) is 2. The Balaban J connectivity index is 0.000000150. The van der Waals surface area contributed by atoms with E-state index in [9.17, 15) is 13.2 Å². The van der Waals surface area contributed by atoms with E-state index in [1.165, 1.54) is 12.1 Å². The lowest BCUT2D eigenvalue weighted by Crippen LogP contribution is -2.59. The molecule has 0 radical (unpaired) electrons. The van der Waals surface area contributed by atoms with Crippen LogP contribution in [-0.2, 0) is 14.9 Å². The molecule has 16 heteroatoms. The predicted molar refractivity (Wildman–Crippen MR) is 185 cm³/mol. The molecule has 47 heavy (non-hydrogen) atoms. The molecule has 4 aliphatic heterocycles. The van der Waals surface area contributed by atoms with Crippen LogP contribution in [0.3, 0.4) is 0 Å². The van der Waals surface area contributed by atoms with Crippen molar-refractivity contribution in [2.45, 2.75) is 43.4 Å². The minimum atomic E-state index is -4.00. The normalized spacial score (nSPS) is 22.9. The molecule has 2 N–H and O–H groups in total. The molecule has 0 aliphatic carbocycles. The van der Waals surface area contributed by atoms with Gasteiger partial charge in [-0.1, -0.05) is 64.6 Å². The fraction of sp³-hybridized carbons (Fsp3) is 0.452. The molecule has 1 amide bonds. The number of carbonyl (C=O) groups excluding carboxylic acids is 1. The maximum absolute atomic E-state index is 12.2. The molecule has 4 fully saturated rings. The Labute approximate surface area is 294 Å². The van der Waals surface area contributed by atoms with E-state index in [4.69, 9.17) is 55.7 Å². The average molecular weight is 747 g/mol. The van der Waals surface area contributed by atoms with Crippen LogP contribution in [0.2, 0.25) is 20.4 Å². The summed E-state index contributed by atoms with van der Waals surface area (Å²) in [5.41, 5.74) is 1.54. The summed E-state index contributed by atoms with van der Waals surface area (Å²) >= 11 is 23.6. The lowest BCUT2D eigenvalue weighted by atomic mass is 9.93. The number of anilines is 2. The van der Waals surface area contributed by atoms with Crippen molar-refractivity contribution in [3.05, 3.63) is 75.2 Å². The Bertz CT molecular complexity index is 1690. The number of pyridine rings is 2. The number of amides is 1. The van der Waals surface area contributed by atoms with Crippen molar-refractivity contribution in [1.82, 2.24) is 20.2 Å². The molecule has 7 rings (SSSR count). The second-order valence-electron chi connectivity index (χ2n) is 12.8. The first kappa shape index (κ1) is 35.7. The van der Waals surface area contributed by atoms with E-state index in [1.54, 1.807) is 35.5 Å². The van der Waals surface area contributed by atoms with Crippen molar-refractivity contribution < 1.29 is 22.5 Å². The molecule has 0 spiro atoms. The molecule has 11 nitrogen and oxygen atoms in total. The molecule has 6 heterocycles. The predicted octanol–water partition coefficient (Wildman–Crippen LogP) is 6.17. The van der Waals surface area contributed by atoms with Crippen molar-refractivity contribution in [3.8, 4) is 0 Å². The maximum Gasteiger partial charge on any atom is 0.410 e. The third kappa shape index (κ3) is 8.91. The highest BCUT2D eigenvalue weighted by Gasteiger charge is 2.49. The average Bonchev–Trinajstić information content (AvgIpc) is 3.46. The molecule has 4 atom stereocenters. The van der Waals surface area contributed by atoms with Gasteiger partial charge in [0.1, 0.15) is 15.9 Å². The molecular formula is C31H36Cl4N6O5S. The summed E-state index contributed by atoms with van der Waals surface area (Å²) < 4.78 is 34.7. The number of hydrogen-bond acceptors (Lipinski definition) is 9. The Morgan fingerprint density at radius 2 is 1.43 bits per heavy atom. The van der Waals surface area contributed by atoms with Crippen LogP contribution in [0, 0.1) is 11.8 Å². The number of nitrogens with zero attached hydrogens (tertiary/aromatic N) is 5. The van der Waals surface area contributed by atoms with Crippen molar-refractivity contribution >= 4 is 74.0 Å². The molecule has 1 aromatic carbocycles. The van der Waals surface area contributed by atoms with Crippen molar-refractivity contribution in [2.24, 2.45) is 11.8 Å². The molecule has 0 unspecified atom stereocenters. The summed E-state index contributed by atoms with van der Waals surface area (Å²) in [6.45, 7) is 11.3. The topological polar surface area (TPSA) is 128 Å². The van der Waals surface area contributed by atoms with Crippen molar-refractivity contribution in [3.63, 3.8) is 0 Å². The molecule has 2 aromatic heterocycles. The number of likely N-dealkylation sites (tertiary alicyclic amines) is 1. The second kappa shape index (κ2) is 14.5. The van der Waals surface area contributed by atoms with Gasteiger partial charge < -0.3 is 24.8 Å². The molecule has 254 valence electrons. The van der Waals surface area contributed by atoms with E-state index in [0.717, 1.165) is 56.6 Å². The number of ether oxygens (including phenoxy) is 1. The summed E-state index contributed by atoms with van der Waals surface area (Å²) in [4.78, 5) is 26.5. The van der Waals surface area contributed by atoms with Crippen molar-refractivity contribution in [2.75, 3.05) is 49.1 Å². The summed E-state index contributed by atoms with van der Waals surface area (Å²) in [5, 5.41) is 5.07. The highest BCUT2D eigenvalue weighted by molar-refractivity contribution is 7.85. The Hall–Kier alpha value is -2.58. The van der Waals surface area contributed by atoms with E-state index in [-0.39, 0.29) is 17.0 Å². The van der Waals surface area contributed by atoms with Crippen LogP contribution in [0.1, 0.15) is 20.8 Å². The molecular weight excluding hydrogens is 710 g/mol. The van der Waals surface area contributed by atoms with Gasteiger partial charge in [-0.05, 0) is 45.0 Å². The van der Waals surface area contributed by atoms with Gasteiger partial charge in [-0.25, -0.2) is 14.8 Å². The SMILES string of the molecule is CC(C)(C)OC(=O)N1C[C@H]2CN(c3cnc(Cl)c(Cl)c3)C[C@H]21.Clc1cc(N2C[C@@H]3CN[C@@H]3C2)cnc1Cl.O=S(=O)(O)c1ccccc1. The molecule has 4 aliphatic rings. The van der Waals surface area contributed by atoms with E-state index in [2.05, 4.69) is 25.1 Å². The van der Waals surface area contributed by atoms with Gasteiger partial charge in [0, 0.05) is 57.1 Å². The zero-order valence-electron chi connectivity index (χ0n) is 26.0. The van der Waals surface area contributed by atoms with Gasteiger partial charge >= 0.3 is 6.09 Å². The Morgan fingerprint density at radius 3 is 1.85 bits per heavy atom. The summed E-state index contributed by atoms with van der Waals surface area (Å²) in [6.07, 6.45) is 3.28. The van der Waals surface area contributed by atoms with Crippen LogP contribution in [0.4, 0.5) is 16.2 Å². The molecule has 4 saturated heterocycles. The summed E-state index contributed by atoms with van der Waals surface area (Å²) in [5.74, 6) is 1.27. The zero-order chi connectivity index (χ0) is 34.1. The molecule has 0 bridgehead atoms. The fourth-order valence-electron chi connectivity index (χ4n) is 5.80. The van der Waals surface area contributed by atoms with Gasteiger partial charge in [0.25, 0.3) is 10.1 Å². The van der Waals surface area contributed by atoms with Crippen LogP contribution in [0.15, 0.2) is 59.8 Å². The van der Waals surface area contributed by atoms with Gasteiger partial charge in [0.05, 0.1) is 44.8 Å². The lowest BCUT2D eigenvalue weighted by molar-refractivity contribution is -0.0163. The highest BCUT2D eigenvalue weighted by Crippen LogP contribution is 2.37. The monoisotopic (exact) mass is 744 g/mol. The third-order valence-electron chi connectivity index (χ3n) is 8.28. The molecule has 3 aromatic rings.